The van der Waals surface area contributed by atoms with Gasteiger partial charge in [0, 0.05) is 60.8 Å². The average Bonchev–Trinajstić information content (AvgIpc) is 3.20. The van der Waals surface area contributed by atoms with Crippen molar-refractivity contribution in [3.8, 4) is 0 Å². The van der Waals surface area contributed by atoms with Gasteiger partial charge in [0.2, 0.25) is 15.9 Å². The number of rotatable bonds is 6. The number of benzene rings is 2. The summed E-state index contributed by atoms with van der Waals surface area (Å²) in [7, 11) is -3.57. The summed E-state index contributed by atoms with van der Waals surface area (Å²) in [6, 6.07) is 15.4. The highest BCUT2D eigenvalue weighted by Crippen LogP contribution is 2.22. The zero-order valence-corrected chi connectivity index (χ0v) is 18.0. The number of sulfonamides is 1. The summed E-state index contributed by atoms with van der Waals surface area (Å²) in [5.41, 5.74) is 1.53. The normalized spacial score (nSPS) is 15.4. The largest absolute Gasteiger partial charge is 0.339 e. The predicted octanol–water partition coefficient (Wildman–Crippen LogP) is 2.69. The molecule has 0 N–H and O–H groups in total. The number of piperazine rings is 1. The van der Waals surface area contributed by atoms with Crippen LogP contribution in [0.15, 0.2) is 66.2 Å². The van der Waals surface area contributed by atoms with Crippen molar-refractivity contribution in [3.63, 3.8) is 0 Å². The number of hydrogen-bond acceptors (Lipinski definition) is 5. The van der Waals surface area contributed by atoms with Gasteiger partial charge in [-0.05, 0) is 23.8 Å². The van der Waals surface area contributed by atoms with Crippen LogP contribution in [0.5, 0.6) is 0 Å². The molecule has 0 atom stereocenters. The lowest BCUT2D eigenvalue weighted by Crippen LogP contribution is -2.50. The van der Waals surface area contributed by atoms with Gasteiger partial charge < -0.3 is 9.47 Å². The van der Waals surface area contributed by atoms with Gasteiger partial charge in [0.15, 0.2) is 0 Å². The molecule has 1 aliphatic rings. The zero-order chi connectivity index (χ0) is 22.7. The van der Waals surface area contributed by atoms with E-state index in [1.54, 1.807) is 33.9 Å². The van der Waals surface area contributed by atoms with Gasteiger partial charge in [-0.3, -0.25) is 14.9 Å². The van der Waals surface area contributed by atoms with Gasteiger partial charge in [0.25, 0.3) is 5.69 Å². The van der Waals surface area contributed by atoms with Gasteiger partial charge in [-0.25, -0.2) is 8.42 Å². The number of aromatic nitrogens is 1. The Morgan fingerprint density at radius 2 is 1.75 bits per heavy atom. The third kappa shape index (κ3) is 4.71. The second kappa shape index (κ2) is 8.93. The van der Waals surface area contributed by atoms with E-state index in [9.17, 15) is 23.3 Å². The van der Waals surface area contributed by atoms with Crippen LogP contribution in [0, 0.1) is 10.1 Å². The van der Waals surface area contributed by atoms with Crippen LogP contribution in [-0.2, 0) is 21.4 Å². The first-order valence-electron chi connectivity index (χ1n) is 10.1. The number of carbonyl (C=O) groups excluding carboxylic acids is 1. The minimum atomic E-state index is -3.57. The second-order valence-corrected chi connectivity index (χ2v) is 9.30. The number of carbonyl (C=O) groups is 1. The van der Waals surface area contributed by atoms with E-state index in [0.717, 1.165) is 11.1 Å². The second-order valence-electron chi connectivity index (χ2n) is 7.48. The molecule has 1 aliphatic heterocycles. The summed E-state index contributed by atoms with van der Waals surface area (Å²) < 4.78 is 28.3. The summed E-state index contributed by atoms with van der Waals surface area (Å²) in [5.74, 6) is -0.127. The van der Waals surface area contributed by atoms with Crippen LogP contribution in [0.4, 0.5) is 5.69 Å². The molecule has 32 heavy (non-hydrogen) atoms. The summed E-state index contributed by atoms with van der Waals surface area (Å²) in [6.07, 6.45) is 3.29. The SMILES string of the molecule is O=C(Cn1ccc2cc([N+](=O)[O-])ccc21)N1CCN(S(=O)(=O)/C=C/c2ccccc2)CC1. The van der Waals surface area contributed by atoms with Crippen molar-refractivity contribution in [2.24, 2.45) is 0 Å². The van der Waals surface area contributed by atoms with Crippen LogP contribution in [-0.4, -0.2) is 59.2 Å². The highest BCUT2D eigenvalue weighted by atomic mass is 32.2. The third-order valence-electron chi connectivity index (χ3n) is 5.45. The lowest BCUT2D eigenvalue weighted by Gasteiger charge is -2.33. The third-order valence-corrected chi connectivity index (χ3v) is 7.02. The van der Waals surface area contributed by atoms with Crippen molar-refractivity contribution in [1.82, 2.24) is 13.8 Å². The van der Waals surface area contributed by atoms with E-state index < -0.39 is 14.9 Å². The van der Waals surface area contributed by atoms with Crippen molar-refractivity contribution < 1.29 is 18.1 Å². The maximum Gasteiger partial charge on any atom is 0.270 e. The molecule has 1 saturated heterocycles. The Hall–Kier alpha value is -3.50. The van der Waals surface area contributed by atoms with E-state index >= 15 is 0 Å². The molecular weight excluding hydrogens is 432 g/mol. The molecule has 9 nitrogen and oxygen atoms in total. The quantitative estimate of drug-likeness (QED) is 0.421. The van der Waals surface area contributed by atoms with Gasteiger partial charge in [0.1, 0.15) is 6.54 Å². The number of non-ortho nitro benzene ring substituents is 1. The maximum absolute atomic E-state index is 12.8. The molecule has 10 heteroatoms. The van der Waals surface area contributed by atoms with Gasteiger partial charge >= 0.3 is 0 Å². The lowest BCUT2D eigenvalue weighted by atomic mass is 10.2. The Balaban J connectivity index is 1.37. The molecule has 4 rings (SSSR count). The fourth-order valence-corrected chi connectivity index (χ4v) is 4.86. The summed E-state index contributed by atoms with van der Waals surface area (Å²) in [4.78, 5) is 24.9. The van der Waals surface area contributed by atoms with E-state index in [0.29, 0.717) is 18.5 Å². The molecular formula is C22H22N4O5S. The first-order valence-corrected chi connectivity index (χ1v) is 11.6. The van der Waals surface area contributed by atoms with E-state index in [-0.39, 0.29) is 31.2 Å². The monoisotopic (exact) mass is 454 g/mol. The van der Waals surface area contributed by atoms with Crippen molar-refractivity contribution in [2.75, 3.05) is 26.2 Å². The lowest BCUT2D eigenvalue weighted by molar-refractivity contribution is -0.384. The Morgan fingerprint density at radius 1 is 1.03 bits per heavy atom. The van der Waals surface area contributed by atoms with Crippen LogP contribution < -0.4 is 0 Å². The van der Waals surface area contributed by atoms with Crippen molar-refractivity contribution in [1.29, 1.82) is 0 Å². The van der Waals surface area contributed by atoms with E-state index in [1.807, 2.05) is 30.3 Å². The van der Waals surface area contributed by atoms with E-state index in [2.05, 4.69) is 0 Å². The topological polar surface area (TPSA) is 106 Å². The molecule has 0 radical (unpaired) electrons. The Labute approximate surface area is 185 Å². The number of amides is 1. The summed E-state index contributed by atoms with van der Waals surface area (Å²) >= 11 is 0. The van der Waals surface area contributed by atoms with Crippen molar-refractivity contribution >= 4 is 38.6 Å². The molecule has 0 aliphatic carbocycles. The molecule has 0 unspecified atom stereocenters. The molecule has 166 valence electrons. The van der Waals surface area contributed by atoms with Crippen LogP contribution in [0.3, 0.4) is 0 Å². The molecule has 1 amide bonds. The minimum Gasteiger partial charge on any atom is -0.339 e. The van der Waals surface area contributed by atoms with Crippen molar-refractivity contribution in [2.45, 2.75) is 6.54 Å². The molecule has 2 heterocycles. The molecule has 1 aromatic heterocycles. The number of nitro benzene ring substituents is 1. The van der Waals surface area contributed by atoms with Gasteiger partial charge in [-0.2, -0.15) is 4.31 Å². The number of nitrogens with zero attached hydrogens (tertiary/aromatic N) is 4. The Bertz CT molecular complexity index is 1280. The first kappa shape index (κ1) is 21.7. The molecule has 3 aromatic rings. The van der Waals surface area contributed by atoms with E-state index in [4.69, 9.17) is 0 Å². The summed E-state index contributed by atoms with van der Waals surface area (Å²) in [5, 5.41) is 12.8. The smallest absolute Gasteiger partial charge is 0.270 e. The predicted molar refractivity (Wildman–Crippen MR) is 121 cm³/mol. The van der Waals surface area contributed by atoms with Gasteiger partial charge in [-0.1, -0.05) is 30.3 Å². The highest BCUT2D eigenvalue weighted by molar-refractivity contribution is 7.92. The van der Waals surface area contributed by atoms with Crippen LogP contribution in [0.2, 0.25) is 0 Å². The van der Waals surface area contributed by atoms with Gasteiger partial charge in [-0.15, -0.1) is 0 Å². The first-order chi connectivity index (χ1) is 15.3. The van der Waals surface area contributed by atoms with Gasteiger partial charge in [0.05, 0.1) is 4.92 Å². The summed E-state index contributed by atoms with van der Waals surface area (Å²) in [6.45, 7) is 1.16. The fourth-order valence-electron chi connectivity index (χ4n) is 3.69. The standard InChI is InChI=1S/C22H22N4O5S/c27-22(17-24-10-8-19-16-20(26(28)29)6-7-21(19)24)23-11-13-25(14-12-23)32(30,31)15-9-18-4-2-1-3-5-18/h1-10,15-16H,11-14,17H2/b15-9+. The Morgan fingerprint density at radius 3 is 2.44 bits per heavy atom. The maximum atomic E-state index is 12.8. The van der Waals surface area contributed by atoms with Crippen LogP contribution in [0.25, 0.3) is 17.0 Å². The average molecular weight is 455 g/mol. The van der Waals surface area contributed by atoms with Crippen LogP contribution >= 0.6 is 0 Å². The Kier molecular flexibility index (Phi) is 6.06. The number of nitro groups is 1. The minimum absolute atomic E-state index is 0.000205. The zero-order valence-electron chi connectivity index (χ0n) is 17.2. The fraction of sp³-hybridized carbons (Fsp3) is 0.227. The van der Waals surface area contributed by atoms with Crippen molar-refractivity contribution in [3.05, 3.63) is 81.9 Å². The molecule has 0 saturated carbocycles. The molecule has 0 bridgehead atoms. The van der Waals surface area contributed by atoms with Crippen LogP contribution in [0.1, 0.15) is 5.56 Å². The number of hydrogen-bond donors (Lipinski definition) is 0. The molecule has 2 aromatic carbocycles. The van der Waals surface area contributed by atoms with E-state index in [1.165, 1.54) is 21.8 Å². The molecule has 0 spiro atoms. The molecule has 1 fully saturated rings. The number of fused-ring (bicyclic) bond motifs is 1. The highest BCUT2D eigenvalue weighted by Gasteiger charge is 2.27.